The van der Waals surface area contributed by atoms with Crippen LogP contribution in [0.3, 0.4) is 0 Å². The van der Waals surface area contributed by atoms with Crippen molar-refractivity contribution in [3.05, 3.63) is 280 Å². The molecular formula is C55H48OP3Ru+3. The summed E-state index contributed by atoms with van der Waals surface area (Å²) < 4.78 is 7.50. The van der Waals surface area contributed by atoms with Gasteiger partial charge in [0.1, 0.15) is 47.7 Å². The summed E-state index contributed by atoms with van der Waals surface area (Å²) in [5, 5.41) is 12.9. The molecule has 5 heteroatoms. The number of hydrogen-bond donors (Lipinski definition) is 0. The summed E-state index contributed by atoms with van der Waals surface area (Å²) >= 11 is 0. The van der Waals surface area contributed by atoms with Crippen LogP contribution in [0.25, 0.3) is 0 Å². The van der Waals surface area contributed by atoms with Crippen molar-refractivity contribution in [2.45, 2.75) is 0 Å². The number of benzene rings is 9. The molecule has 60 heavy (non-hydrogen) atoms. The van der Waals surface area contributed by atoms with Gasteiger partial charge in [-0.3, -0.25) is 0 Å². The van der Waals surface area contributed by atoms with Crippen LogP contribution in [0.1, 0.15) is 0 Å². The second kappa shape index (κ2) is 26.0. The van der Waals surface area contributed by atoms with Gasteiger partial charge in [-0.2, -0.15) is 0 Å². The number of hydrogen-bond acceptors (Lipinski definition) is 0. The average Bonchev–Trinajstić information content (AvgIpc) is 3.34. The summed E-state index contributed by atoms with van der Waals surface area (Å²) in [6.45, 7) is 4.50. The molecule has 0 aliphatic heterocycles. The van der Waals surface area contributed by atoms with Crippen LogP contribution in [0.5, 0.6) is 0 Å². The third kappa shape index (κ3) is 13.3. The first-order valence-corrected chi connectivity index (χ1v) is 24.2. The van der Waals surface area contributed by atoms with Crippen molar-refractivity contribution in [2.75, 3.05) is 0 Å². The van der Waals surface area contributed by atoms with Crippen molar-refractivity contribution >= 4 is 71.5 Å². The fourth-order valence-corrected chi connectivity index (χ4v) is 14.7. The van der Waals surface area contributed by atoms with Crippen molar-refractivity contribution in [2.24, 2.45) is 0 Å². The fourth-order valence-electron chi connectivity index (χ4n) is 6.94. The minimum absolute atomic E-state index is 0. The molecule has 9 aromatic carbocycles. The Morgan fingerprint density at radius 1 is 0.183 bits per heavy atom. The Morgan fingerprint density at radius 3 is 0.350 bits per heavy atom. The molecule has 0 radical (unpaired) electrons. The first-order chi connectivity index (χ1) is 29.3. The molecule has 0 spiro atoms. The van der Waals surface area contributed by atoms with Gasteiger partial charge >= 0.3 is 11.3 Å². The van der Waals surface area contributed by atoms with Crippen LogP contribution in [-0.4, -0.2) is 0 Å². The van der Waals surface area contributed by atoms with Crippen LogP contribution in [0.2, 0.25) is 0 Å². The zero-order valence-corrected chi connectivity index (χ0v) is 38.0. The van der Waals surface area contributed by atoms with E-state index < -0.39 is 23.8 Å². The molecule has 0 amide bonds. The average molecular weight is 919 g/mol. The van der Waals surface area contributed by atoms with Crippen molar-refractivity contribution in [1.82, 2.24) is 0 Å². The molecule has 0 atom stereocenters. The van der Waals surface area contributed by atoms with Crippen LogP contribution in [0.15, 0.2) is 273 Å². The summed E-state index contributed by atoms with van der Waals surface area (Å²) in [4.78, 5) is 0. The first kappa shape index (κ1) is 45.7. The van der Waals surface area contributed by atoms with E-state index in [1.54, 1.807) is 0 Å². The maximum atomic E-state index is 7.50. The zero-order chi connectivity index (χ0) is 40.7. The molecule has 0 aromatic heterocycles. The molecule has 0 unspecified atom stereocenters. The van der Waals surface area contributed by atoms with Crippen LogP contribution < -0.4 is 47.7 Å². The molecule has 1 nitrogen and oxygen atoms in total. The van der Waals surface area contributed by atoms with Gasteiger partial charge in [0.05, 0.1) is 23.8 Å². The SMILES string of the molecule is [C-]#[O+].[Ru].c1ccc([PH+](c2ccccc2)c2ccccc2)cc1.c1ccc([PH+](c2ccccc2)c2ccccc2)cc1.c1ccc([PH+](c2ccccc2)c2ccccc2)cc1. The van der Waals surface area contributed by atoms with Crippen LogP contribution >= 0.6 is 23.8 Å². The van der Waals surface area contributed by atoms with E-state index in [9.17, 15) is 0 Å². The molecule has 0 N–H and O–H groups in total. The van der Waals surface area contributed by atoms with E-state index in [2.05, 4.69) is 280 Å². The van der Waals surface area contributed by atoms with Gasteiger partial charge in [0.15, 0.2) is 0 Å². The third-order valence-corrected chi connectivity index (χ3v) is 17.8. The smallest absolute Gasteiger partial charge is 0.0620 e. The van der Waals surface area contributed by atoms with Gasteiger partial charge in [-0.1, -0.05) is 164 Å². The second-order valence-corrected chi connectivity index (χ2v) is 20.9. The molecule has 0 fully saturated rings. The molecule has 9 rings (SSSR count). The third-order valence-electron chi connectivity index (χ3n) is 9.56. The Balaban J connectivity index is 0.000000166. The molecule has 0 saturated heterocycles. The molecule has 294 valence electrons. The maximum absolute atomic E-state index is 7.50. The molecule has 9 aromatic rings. The normalized spacial score (nSPS) is 10.1. The minimum Gasteiger partial charge on any atom is -0.0620 e. The van der Waals surface area contributed by atoms with E-state index in [0.29, 0.717) is 0 Å². The van der Waals surface area contributed by atoms with E-state index in [1.165, 1.54) is 47.7 Å². The molecule has 0 heterocycles. The van der Waals surface area contributed by atoms with E-state index in [4.69, 9.17) is 4.65 Å². The van der Waals surface area contributed by atoms with Crippen molar-refractivity contribution < 1.29 is 24.1 Å². The van der Waals surface area contributed by atoms with E-state index in [1.807, 2.05) is 0 Å². The van der Waals surface area contributed by atoms with Gasteiger partial charge < -0.3 is 0 Å². The van der Waals surface area contributed by atoms with Gasteiger partial charge in [0, 0.05) is 19.5 Å². The Labute approximate surface area is 373 Å². The first-order valence-electron chi connectivity index (χ1n) is 19.7. The molecule has 0 aliphatic rings. The predicted molar refractivity (Wildman–Crippen MR) is 264 cm³/mol. The van der Waals surface area contributed by atoms with E-state index in [0.717, 1.165) is 0 Å². The summed E-state index contributed by atoms with van der Waals surface area (Å²) in [6.07, 6.45) is 0. The minimum atomic E-state index is -0.877. The predicted octanol–water partition coefficient (Wildman–Crippen LogP) is 9.49. The van der Waals surface area contributed by atoms with Gasteiger partial charge in [-0.15, -0.1) is 0 Å². The largest absolute Gasteiger partial charge is 0.102 e. The Hall–Kier alpha value is -5.37. The summed E-state index contributed by atoms with van der Waals surface area (Å²) in [6, 6.07) is 97.5. The van der Waals surface area contributed by atoms with E-state index >= 15 is 0 Å². The standard InChI is InChI=1S/3C18H15P.CO.Ru/c3*1-4-10-16(11-5-1)19(17-12-6-2-7-13-17)18-14-8-3-9-15-18;1-2;/h3*1-15H;;/p+3. The quantitative estimate of drug-likeness (QED) is 0.0596. The zero-order valence-electron chi connectivity index (χ0n) is 33.2. The topological polar surface area (TPSA) is 19.9 Å². The second-order valence-electron chi connectivity index (χ2n) is 13.4. The molecule has 0 bridgehead atoms. The molecular weight excluding hydrogens is 871 g/mol. The Kier molecular flexibility index (Phi) is 19.8. The maximum Gasteiger partial charge on any atom is 0.102 e. The van der Waals surface area contributed by atoms with Crippen LogP contribution in [-0.2, 0) is 24.1 Å². The summed E-state index contributed by atoms with van der Waals surface area (Å²) in [7, 11) is -2.63. The monoisotopic (exact) mass is 919 g/mol. The fraction of sp³-hybridized carbons (Fsp3) is 0. The van der Waals surface area contributed by atoms with Crippen LogP contribution in [0.4, 0.5) is 0 Å². The van der Waals surface area contributed by atoms with Crippen molar-refractivity contribution in [3.63, 3.8) is 0 Å². The van der Waals surface area contributed by atoms with Crippen molar-refractivity contribution in [1.29, 1.82) is 0 Å². The Bertz CT molecular complexity index is 1920. The van der Waals surface area contributed by atoms with Gasteiger partial charge in [0.2, 0.25) is 0 Å². The van der Waals surface area contributed by atoms with Crippen LogP contribution in [0, 0.1) is 6.65 Å². The van der Waals surface area contributed by atoms with Gasteiger partial charge in [0.25, 0.3) is 0 Å². The summed E-state index contributed by atoms with van der Waals surface area (Å²) in [5.41, 5.74) is 0. The van der Waals surface area contributed by atoms with Gasteiger partial charge in [-0.25, -0.2) is 0 Å². The van der Waals surface area contributed by atoms with Crippen molar-refractivity contribution in [3.8, 4) is 0 Å². The number of rotatable bonds is 9. The van der Waals surface area contributed by atoms with Gasteiger partial charge in [-0.05, 0) is 109 Å². The Morgan fingerprint density at radius 2 is 0.267 bits per heavy atom. The summed E-state index contributed by atoms with van der Waals surface area (Å²) in [5.74, 6) is 0. The van der Waals surface area contributed by atoms with E-state index in [-0.39, 0.29) is 19.5 Å². The molecule has 0 aliphatic carbocycles. The molecule has 0 saturated carbocycles.